The van der Waals surface area contributed by atoms with Crippen LogP contribution >= 0.6 is 35.4 Å². The first-order valence-corrected chi connectivity index (χ1v) is 5.38. The first kappa shape index (κ1) is 10.7. The van der Waals surface area contributed by atoms with Crippen molar-refractivity contribution in [3.8, 4) is 11.4 Å². The molecule has 0 aliphatic carbocycles. The van der Waals surface area contributed by atoms with Crippen molar-refractivity contribution in [3.05, 3.63) is 33.0 Å². The monoisotopic (exact) mass is 260 g/mol. The smallest absolute Gasteiger partial charge is 0.221 e. The molecule has 2 N–H and O–H groups in total. The molecule has 0 unspecified atom stereocenters. The minimum absolute atomic E-state index is 0.523. The van der Waals surface area contributed by atoms with E-state index in [-0.39, 0.29) is 0 Å². The fourth-order valence-electron chi connectivity index (χ4n) is 1.29. The van der Waals surface area contributed by atoms with Crippen LogP contribution in [0.5, 0.6) is 0 Å². The Hall–Kier alpha value is -0.840. The maximum absolute atomic E-state index is 5.93. The highest BCUT2D eigenvalue weighted by Crippen LogP contribution is 2.25. The molecule has 0 radical (unpaired) electrons. The maximum atomic E-state index is 5.93. The lowest BCUT2D eigenvalue weighted by atomic mass is 10.2. The molecule has 1 aromatic carbocycles. The van der Waals surface area contributed by atoms with Gasteiger partial charge in [0.25, 0.3) is 5.82 Å². The van der Waals surface area contributed by atoms with E-state index in [4.69, 9.17) is 35.4 Å². The molecule has 2 aromatic rings. The molecular weight excluding hydrogens is 253 g/mol. The Morgan fingerprint density at radius 1 is 1.20 bits per heavy atom. The maximum Gasteiger partial charge on any atom is 0.323 e. The van der Waals surface area contributed by atoms with Crippen LogP contribution in [-0.2, 0) is 7.05 Å². The molecular formula is C9H8Cl2N3S+. The van der Waals surface area contributed by atoms with Gasteiger partial charge in [-0.2, -0.15) is 10.2 Å². The lowest BCUT2D eigenvalue weighted by Gasteiger charge is -1.98. The molecule has 0 saturated carbocycles. The van der Waals surface area contributed by atoms with Gasteiger partial charge >= 0.3 is 4.77 Å². The standard InChI is InChI=1S/C9H7Cl2N3S/c1-14-8(12-13-9(14)15)5-2-3-6(10)7(11)4-5/h2-4H,1H3,(H,13,15)/p+1. The third-order valence-electron chi connectivity index (χ3n) is 2.12. The normalized spacial score (nSPS) is 10.6. The number of aromatic amines is 2. The Balaban J connectivity index is 2.59. The molecule has 3 nitrogen and oxygen atoms in total. The van der Waals surface area contributed by atoms with Crippen LogP contribution in [0.1, 0.15) is 0 Å². The molecule has 0 saturated heterocycles. The Morgan fingerprint density at radius 2 is 1.93 bits per heavy atom. The SMILES string of the molecule is C[n+]1c(-c2ccc(Cl)c(Cl)c2)[nH][nH]c1=S. The predicted octanol–water partition coefficient (Wildman–Crippen LogP) is 2.87. The Kier molecular flexibility index (Phi) is 2.82. The average Bonchev–Trinajstić information content (AvgIpc) is 2.53. The van der Waals surface area contributed by atoms with Crippen molar-refractivity contribution < 1.29 is 4.57 Å². The molecule has 2 rings (SSSR count). The van der Waals surface area contributed by atoms with Gasteiger partial charge in [-0.3, -0.25) is 0 Å². The highest BCUT2D eigenvalue weighted by molar-refractivity contribution is 7.71. The largest absolute Gasteiger partial charge is 0.323 e. The van der Waals surface area contributed by atoms with Gasteiger partial charge < -0.3 is 0 Å². The minimum Gasteiger partial charge on any atom is -0.221 e. The van der Waals surface area contributed by atoms with E-state index in [1.54, 1.807) is 12.1 Å². The van der Waals surface area contributed by atoms with Crippen LogP contribution in [0.15, 0.2) is 18.2 Å². The number of hydrogen-bond acceptors (Lipinski definition) is 1. The quantitative estimate of drug-likeness (QED) is 0.601. The van der Waals surface area contributed by atoms with Crippen LogP contribution in [0.2, 0.25) is 10.0 Å². The summed E-state index contributed by atoms with van der Waals surface area (Å²) in [5.74, 6) is 0.860. The second-order valence-corrected chi connectivity index (χ2v) is 4.29. The molecule has 1 aromatic heterocycles. The second kappa shape index (κ2) is 3.96. The van der Waals surface area contributed by atoms with E-state index < -0.39 is 0 Å². The molecule has 6 heteroatoms. The summed E-state index contributed by atoms with van der Waals surface area (Å²) in [6.45, 7) is 0. The molecule has 1 heterocycles. The van der Waals surface area contributed by atoms with E-state index in [2.05, 4.69) is 10.2 Å². The van der Waals surface area contributed by atoms with Crippen molar-refractivity contribution >= 4 is 35.4 Å². The Morgan fingerprint density at radius 3 is 2.47 bits per heavy atom. The molecule has 0 atom stereocenters. The Bertz CT molecular complexity index is 559. The van der Waals surface area contributed by atoms with Gasteiger partial charge in [0.1, 0.15) is 0 Å². The first-order chi connectivity index (χ1) is 7.09. The lowest BCUT2D eigenvalue weighted by Crippen LogP contribution is -2.29. The first-order valence-electron chi connectivity index (χ1n) is 4.21. The molecule has 0 spiro atoms. The van der Waals surface area contributed by atoms with Crippen molar-refractivity contribution in [3.63, 3.8) is 0 Å². The average molecular weight is 261 g/mol. The lowest BCUT2D eigenvalue weighted by molar-refractivity contribution is -0.667. The topological polar surface area (TPSA) is 35.5 Å². The number of hydrogen-bond donors (Lipinski definition) is 2. The summed E-state index contributed by atoms with van der Waals surface area (Å²) in [5.41, 5.74) is 0.930. The number of aromatic nitrogens is 3. The number of nitrogens with one attached hydrogen (secondary N) is 2. The molecule has 0 fully saturated rings. The summed E-state index contributed by atoms with van der Waals surface area (Å²) < 4.78 is 2.45. The summed E-state index contributed by atoms with van der Waals surface area (Å²) in [4.78, 5) is 0. The predicted molar refractivity (Wildman–Crippen MR) is 62.6 cm³/mol. The zero-order chi connectivity index (χ0) is 11.0. The third-order valence-corrected chi connectivity index (χ3v) is 3.24. The highest BCUT2D eigenvalue weighted by Gasteiger charge is 2.12. The fourth-order valence-corrected chi connectivity index (χ4v) is 1.73. The molecule has 0 bridgehead atoms. The Labute approximate surface area is 102 Å². The minimum atomic E-state index is 0.523. The van der Waals surface area contributed by atoms with Crippen LogP contribution in [-0.4, -0.2) is 10.2 Å². The van der Waals surface area contributed by atoms with Crippen molar-refractivity contribution in [1.29, 1.82) is 0 Å². The van der Waals surface area contributed by atoms with Gasteiger partial charge in [-0.25, -0.2) is 4.57 Å². The highest BCUT2D eigenvalue weighted by atomic mass is 35.5. The number of halogens is 2. The van der Waals surface area contributed by atoms with Gasteiger partial charge in [0.05, 0.1) is 22.7 Å². The number of H-pyrrole nitrogens is 2. The number of nitrogens with zero attached hydrogens (tertiary/aromatic N) is 1. The van der Waals surface area contributed by atoms with E-state index in [1.165, 1.54) is 0 Å². The van der Waals surface area contributed by atoms with Crippen molar-refractivity contribution in [2.75, 3.05) is 0 Å². The summed E-state index contributed by atoms with van der Waals surface area (Å²) in [5, 5.41) is 6.88. The molecule has 78 valence electrons. The molecule has 0 aliphatic rings. The molecule has 15 heavy (non-hydrogen) atoms. The van der Waals surface area contributed by atoms with Gasteiger partial charge in [-0.15, -0.1) is 0 Å². The number of rotatable bonds is 1. The molecule has 0 amide bonds. The van der Waals surface area contributed by atoms with E-state index in [1.807, 2.05) is 17.7 Å². The van der Waals surface area contributed by atoms with Gasteiger partial charge in [0.2, 0.25) is 0 Å². The third kappa shape index (κ3) is 1.93. The van der Waals surface area contributed by atoms with Crippen LogP contribution in [0.4, 0.5) is 0 Å². The van der Waals surface area contributed by atoms with Crippen LogP contribution < -0.4 is 4.57 Å². The van der Waals surface area contributed by atoms with Crippen LogP contribution in [0.25, 0.3) is 11.4 Å². The molecule has 0 aliphatic heterocycles. The summed E-state index contributed by atoms with van der Waals surface area (Å²) in [6, 6.07) is 5.42. The van der Waals surface area contributed by atoms with Crippen LogP contribution in [0, 0.1) is 4.77 Å². The summed E-state index contributed by atoms with van der Waals surface area (Å²) in [7, 11) is 1.87. The van der Waals surface area contributed by atoms with Gasteiger partial charge in [-0.05, 0) is 30.4 Å². The second-order valence-electron chi connectivity index (χ2n) is 3.09. The van der Waals surface area contributed by atoms with Crippen molar-refractivity contribution in [1.82, 2.24) is 10.2 Å². The van der Waals surface area contributed by atoms with E-state index in [9.17, 15) is 0 Å². The van der Waals surface area contributed by atoms with Crippen molar-refractivity contribution in [2.45, 2.75) is 0 Å². The summed E-state index contributed by atoms with van der Waals surface area (Å²) >= 11 is 16.8. The number of benzene rings is 1. The zero-order valence-corrected chi connectivity index (χ0v) is 10.2. The van der Waals surface area contributed by atoms with E-state index in [0.29, 0.717) is 14.8 Å². The zero-order valence-electron chi connectivity index (χ0n) is 7.84. The van der Waals surface area contributed by atoms with Gasteiger partial charge in [0, 0.05) is 0 Å². The van der Waals surface area contributed by atoms with Gasteiger partial charge in [-0.1, -0.05) is 23.2 Å². The van der Waals surface area contributed by atoms with Gasteiger partial charge in [0.15, 0.2) is 0 Å². The van der Waals surface area contributed by atoms with E-state index in [0.717, 1.165) is 11.4 Å². The van der Waals surface area contributed by atoms with Crippen molar-refractivity contribution in [2.24, 2.45) is 7.05 Å². The van der Waals surface area contributed by atoms with E-state index >= 15 is 0 Å². The fraction of sp³-hybridized carbons (Fsp3) is 0.111. The summed E-state index contributed by atoms with van der Waals surface area (Å²) in [6.07, 6.45) is 0. The van der Waals surface area contributed by atoms with Crippen LogP contribution in [0.3, 0.4) is 0 Å².